The summed E-state index contributed by atoms with van der Waals surface area (Å²) in [4.78, 5) is 28.3. The highest BCUT2D eigenvalue weighted by atomic mass is 16.2. The Labute approximate surface area is 169 Å². The molecule has 29 heavy (non-hydrogen) atoms. The largest absolute Gasteiger partial charge is 0.334 e. The zero-order valence-electron chi connectivity index (χ0n) is 16.1. The number of likely N-dealkylation sites (tertiary alicyclic amines) is 1. The van der Waals surface area contributed by atoms with Crippen molar-refractivity contribution in [3.05, 3.63) is 94.6 Å². The van der Waals surface area contributed by atoms with Gasteiger partial charge >= 0.3 is 0 Å². The molecule has 144 valence electrons. The summed E-state index contributed by atoms with van der Waals surface area (Å²) in [5, 5.41) is 1.31. The lowest BCUT2D eigenvalue weighted by Crippen LogP contribution is -2.34. The Morgan fingerprint density at radius 1 is 0.828 bits per heavy atom. The number of hydrogen-bond donors (Lipinski definition) is 0. The maximum Gasteiger partial charge on any atom is 0.243 e. The lowest BCUT2D eigenvalue weighted by atomic mass is 10.0. The van der Waals surface area contributed by atoms with Gasteiger partial charge in [0.05, 0.1) is 17.1 Å². The Morgan fingerprint density at radius 2 is 1.41 bits per heavy atom. The predicted molar refractivity (Wildman–Crippen MR) is 116 cm³/mol. The third kappa shape index (κ3) is 3.01. The van der Waals surface area contributed by atoms with Gasteiger partial charge in [-0.3, -0.25) is 9.59 Å². The summed E-state index contributed by atoms with van der Waals surface area (Å²) in [7, 11) is 0. The van der Waals surface area contributed by atoms with Crippen LogP contribution in [0.15, 0.2) is 83.7 Å². The molecule has 0 bridgehead atoms. The van der Waals surface area contributed by atoms with Gasteiger partial charge in [0.1, 0.15) is 6.54 Å². The van der Waals surface area contributed by atoms with Crippen LogP contribution in [0.25, 0.3) is 21.8 Å². The van der Waals surface area contributed by atoms with E-state index in [1.807, 2.05) is 76.2 Å². The number of aromatic nitrogens is 1. The minimum atomic E-state index is 0.0169. The second-order valence-electron chi connectivity index (χ2n) is 7.61. The van der Waals surface area contributed by atoms with Crippen molar-refractivity contribution in [2.24, 2.45) is 0 Å². The van der Waals surface area contributed by atoms with Gasteiger partial charge in [-0.05, 0) is 42.7 Å². The number of fused-ring (bicyclic) bond motifs is 2. The van der Waals surface area contributed by atoms with Gasteiger partial charge in [-0.15, -0.1) is 0 Å². The lowest BCUT2D eigenvalue weighted by molar-refractivity contribution is -0.132. The van der Waals surface area contributed by atoms with Crippen molar-refractivity contribution in [2.75, 3.05) is 6.54 Å². The number of hydrogen-bond acceptors (Lipinski definition) is 2. The first-order valence-corrected chi connectivity index (χ1v) is 10.1. The van der Waals surface area contributed by atoms with Gasteiger partial charge in [0.2, 0.25) is 5.91 Å². The van der Waals surface area contributed by atoms with Crippen LogP contribution in [-0.2, 0) is 11.3 Å². The van der Waals surface area contributed by atoms with Crippen LogP contribution in [0.4, 0.5) is 0 Å². The molecule has 1 atom stereocenters. The fourth-order valence-corrected chi connectivity index (χ4v) is 4.56. The Bertz CT molecular complexity index is 1200. The second kappa shape index (κ2) is 7.21. The van der Waals surface area contributed by atoms with Crippen LogP contribution in [0, 0.1) is 0 Å². The fraction of sp³-hybridized carbons (Fsp3) is 0.200. The van der Waals surface area contributed by atoms with Crippen LogP contribution in [0.2, 0.25) is 0 Å². The average molecular weight is 382 g/mol. The van der Waals surface area contributed by atoms with Crippen LogP contribution in [0.5, 0.6) is 0 Å². The average Bonchev–Trinajstić information content (AvgIpc) is 3.27. The van der Waals surface area contributed by atoms with Crippen molar-refractivity contribution in [1.29, 1.82) is 0 Å². The SMILES string of the molecule is O=C(Cn1c2ccccc2c(=O)c2ccccc21)N1CCCC1c1ccccc1. The summed E-state index contributed by atoms with van der Waals surface area (Å²) < 4.78 is 1.99. The van der Waals surface area contributed by atoms with Gasteiger partial charge in [0.25, 0.3) is 0 Å². The van der Waals surface area contributed by atoms with Gasteiger partial charge in [0, 0.05) is 17.3 Å². The highest BCUT2D eigenvalue weighted by Crippen LogP contribution is 2.32. The third-order valence-electron chi connectivity index (χ3n) is 5.93. The number of amides is 1. The minimum absolute atomic E-state index is 0.0169. The quantitative estimate of drug-likeness (QED) is 0.489. The lowest BCUT2D eigenvalue weighted by Gasteiger charge is -2.26. The molecule has 4 heteroatoms. The summed E-state index contributed by atoms with van der Waals surface area (Å²) in [5.41, 5.74) is 2.82. The first kappa shape index (κ1) is 17.7. The van der Waals surface area contributed by atoms with Gasteiger partial charge in [-0.1, -0.05) is 54.6 Å². The number of para-hydroxylation sites is 2. The molecule has 0 N–H and O–H groups in total. The van der Waals surface area contributed by atoms with E-state index in [-0.39, 0.29) is 23.9 Å². The highest BCUT2D eigenvalue weighted by Gasteiger charge is 2.30. The zero-order chi connectivity index (χ0) is 19.8. The molecule has 4 nitrogen and oxygen atoms in total. The van der Waals surface area contributed by atoms with E-state index in [1.54, 1.807) is 0 Å². The standard InChI is InChI=1S/C25H22N2O2/c28-24(26-16-8-15-21(26)18-9-2-1-3-10-18)17-27-22-13-6-4-11-19(22)25(29)20-12-5-7-14-23(20)27/h1-7,9-14,21H,8,15-17H2. The van der Waals surface area contributed by atoms with Crippen molar-refractivity contribution < 1.29 is 4.79 Å². The van der Waals surface area contributed by atoms with Crippen LogP contribution < -0.4 is 5.43 Å². The van der Waals surface area contributed by atoms with Crippen LogP contribution >= 0.6 is 0 Å². The zero-order valence-corrected chi connectivity index (χ0v) is 16.1. The summed E-state index contributed by atoms with van der Waals surface area (Å²) in [5.74, 6) is 0.0929. The number of benzene rings is 3. The molecule has 0 radical (unpaired) electrons. The Kier molecular flexibility index (Phi) is 4.39. The van der Waals surface area contributed by atoms with Crippen LogP contribution in [-0.4, -0.2) is 21.9 Å². The molecule has 1 aliphatic heterocycles. The number of pyridine rings is 1. The topological polar surface area (TPSA) is 42.3 Å². The van der Waals surface area contributed by atoms with Gasteiger partial charge in [-0.25, -0.2) is 0 Å². The molecule has 1 unspecified atom stereocenters. The molecule has 0 saturated carbocycles. The van der Waals surface area contributed by atoms with E-state index in [0.717, 1.165) is 30.4 Å². The van der Waals surface area contributed by atoms with E-state index in [2.05, 4.69) is 12.1 Å². The molecular formula is C25H22N2O2. The fourth-order valence-electron chi connectivity index (χ4n) is 4.56. The first-order chi connectivity index (χ1) is 14.2. The maximum absolute atomic E-state index is 13.4. The van der Waals surface area contributed by atoms with E-state index < -0.39 is 0 Å². The molecule has 1 amide bonds. The smallest absolute Gasteiger partial charge is 0.243 e. The number of nitrogens with zero attached hydrogens (tertiary/aromatic N) is 2. The molecule has 0 aliphatic carbocycles. The molecule has 4 aromatic rings. The van der Waals surface area contributed by atoms with Crippen LogP contribution in [0.3, 0.4) is 0 Å². The number of carbonyl (C=O) groups is 1. The van der Waals surface area contributed by atoms with E-state index >= 15 is 0 Å². The molecule has 1 aromatic heterocycles. The summed E-state index contributed by atoms with van der Waals surface area (Å²) in [6, 6.07) is 25.5. The normalized spacial score (nSPS) is 16.6. The molecule has 0 spiro atoms. The molecule has 1 fully saturated rings. The monoisotopic (exact) mass is 382 g/mol. The van der Waals surface area contributed by atoms with Crippen LogP contribution in [0.1, 0.15) is 24.4 Å². The number of rotatable bonds is 3. The van der Waals surface area contributed by atoms with Crippen molar-refractivity contribution in [3.63, 3.8) is 0 Å². The van der Waals surface area contributed by atoms with Gasteiger partial charge < -0.3 is 9.47 Å². The van der Waals surface area contributed by atoms with Gasteiger partial charge in [-0.2, -0.15) is 0 Å². The third-order valence-corrected chi connectivity index (χ3v) is 5.93. The summed E-state index contributed by atoms with van der Waals surface area (Å²) >= 11 is 0. The Morgan fingerprint density at radius 3 is 2.07 bits per heavy atom. The Hall–Kier alpha value is -3.40. The molecule has 2 heterocycles. The van der Waals surface area contributed by atoms with Crippen molar-refractivity contribution in [2.45, 2.75) is 25.4 Å². The maximum atomic E-state index is 13.4. The van der Waals surface area contributed by atoms with E-state index in [4.69, 9.17) is 0 Å². The molecule has 5 rings (SSSR count). The summed E-state index contributed by atoms with van der Waals surface area (Å²) in [6.07, 6.45) is 2.00. The molecule has 3 aromatic carbocycles. The minimum Gasteiger partial charge on any atom is -0.334 e. The van der Waals surface area contributed by atoms with Gasteiger partial charge in [0.15, 0.2) is 5.43 Å². The number of carbonyl (C=O) groups excluding carboxylic acids is 1. The highest BCUT2D eigenvalue weighted by molar-refractivity contribution is 5.94. The molecule has 1 saturated heterocycles. The van der Waals surface area contributed by atoms with Crippen molar-refractivity contribution in [1.82, 2.24) is 9.47 Å². The molecule has 1 aliphatic rings. The van der Waals surface area contributed by atoms with Crippen molar-refractivity contribution >= 4 is 27.7 Å². The predicted octanol–water partition coefficient (Wildman–Crippen LogP) is 4.52. The Balaban J connectivity index is 1.59. The van der Waals surface area contributed by atoms with E-state index in [0.29, 0.717) is 10.8 Å². The van der Waals surface area contributed by atoms with Crippen molar-refractivity contribution in [3.8, 4) is 0 Å². The molecular weight excluding hydrogens is 360 g/mol. The van der Waals surface area contributed by atoms with E-state index in [9.17, 15) is 9.59 Å². The first-order valence-electron chi connectivity index (χ1n) is 10.1. The second-order valence-corrected chi connectivity index (χ2v) is 7.61. The van der Waals surface area contributed by atoms with E-state index in [1.165, 1.54) is 5.56 Å². The summed E-state index contributed by atoms with van der Waals surface area (Å²) in [6.45, 7) is 0.999.